The van der Waals surface area contributed by atoms with Crippen LogP contribution >= 0.6 is 30.4 Å². The third kappa shape index (κ3) is 10.5. The van der Waals surface area contributed by atoms with Gasteiger partial charge in [-0.3, -0.25) is 18.3 Å². The Hall–Kier alpha value is -0.491. The van der Waals surface area contributed by atoms with Crippen LogP contribution in [-0.4, -0.2) is 89.6 Å². The fourth-order valence-corrected chi connectivity index (χ4v) is 6.60. The summed E-state index contributed by atoms with van der Waals surface area (Å²) in [5, 5.41) is 12.3. The molecule has 2 aromatic rings. The molecule has 219 valence electrons. The Morgan fingerprint density at radius 3 is 1.00 bits per heavy atom. The van der Waals surface area contributed by atoms with Crippen LogP contribution in [0.3, 0.4) is 0 Å². The number of aromatic nitrogens is 4. The first-order valence-corrected chi connectivity index (χ1v) is 15.2. The zero-order valence-corrected chi connectivity index (χ0v) is 23.8. The Balaban J connectivity index is -0.000000578. The molecule has 0 aromatic carbocycles. The number of hydrogen-bond acceptors (Lipinski definition) is 8. The first-order valence-electron chi connectivity index (χ1n) is 8.74. The Labute approximate surface area is 221 Å². The van der Waals surface area contributed by atoms with Crippen molar-refractivity contribution < 1.29 is 98.7 Å². The molecule has 0 aliphatic rings. The molecule has 2 rings (SSSR count). The smallest absolute Gasteiger partial charge is 0.369 e. The van der Waals surface area contributed by atoms with Gasteiger partial charge in [0.05, 0.1) is 12.7 Å². The van der Waals surface area contributed by atoms with Crippen LogP contribution in [0.15, 0.2) is 37.4 Å². The van der Waals surface area contributed by atoms with Crippen molar-refractivity contribution in [3.05, 3.63) is 37.4 Å². The summed E-state index contributed by atoms with van der Waals surface area (Å²) in [5.41, 5.74) is 0. The summed E-state index contributed by atoms with van der Waals surface area (Å²) in [6.45, 7) is -0.376. The van der Waals surface area contributed by atoms with Crippen LogP contribution in [0.4, 0.5) is 0 Å². The normalized spacial score (nSPS) is 12.8. The molecule has 14 N–H and O–H groups in total. The van der Waals surface area contributed by atoms with E-state index in [9.17, 15) is 28.5 Å². The van der Waals surface area contributed by atoms with Crippen LogP contribution in [-0.2, 0) is 51.5 Å². The van der Waals surface area contributed by atoms with Gasteiger partial charge in [-0.15, -0.1) is 0 Å². The van der Waals surface area contributed by atoms with Crippen molar-refractivity contribution >= 4 is 30.4 Å². The standard InChI is InChI=1S/2C6H12N2O7P2.2H2O.Tc/c2*9-6(16(10,11)12,17(13,14)15)1-3-8-4-2-7-5-8;;;/h2*2,4-5,9H,1,3H2,(H2,10,11,12)(H2,13,14,15);2*1H2;/i;;;;1+1. The summed E-state index contributed by atoms with van der Waals surface area (Å²) >= 11 is 0. The second-order valence-electron chi connectivity index (χ2n) is 6.83. The van der Waals surface area contributed by atoms with E-state index in [2.05, 4.69) is 9.97 Å². The van der Waals surface area contributed by atoms with Gasteiger partial charge in [-0.25, -0.2) is 9.97 Å². The van der Waals surface area contributed by atoms with E-state index in [1.54, 1.807) is 0 Å². The second kappa shape index (κ2) is 14.8. The summed E-state index contributed by atoms with van der Waals surface area (Å²) in [5.74, 6) is 0. The average molecular weight is 707 g/mol. The van der Waals surface area contributed by atoms with Crippen LogP contribution in [0.25, 0.3) is 0 Å². The van der Waals surface area contributed by atoms with Gasteiger partial charge in [0.25, 0.3) is 10.2 Å². The maximum atomic E-state index is 11.0. The van der Waals surface area contributed by atoms with Crippen molar-refractivity contribution in [1.82, 2.24) is 19.1 Å². The molecule has 0 aliphatic carbocycles. The molecule has 20 nitrogen and oxygen atoms in total. The van der Waals surface area contributed by atoms with E-state index in [0.29, 0.717) is 0 Å². The van der Waals surface area contributed by atoms with Gasteiger partial charge in [-0.2, -0.15) is 0 Å². The molecule has 2 aromatic heterocycles. The average Bonchev–Trinajstić information content (AvgIpc) is 3.34. The van der Waals surface area contributed by atoms with E-state index >= 15 is 0 Å². The summed E-state index contributed by atoms with van der Waals surface area (Å²) in [6, 6.07) is 0. The number of nitrogens with zero attached hydrogens (tertiary/aromatic N) is 4. The molecule has 0 atom stereocenters. The van der Waals surface area contributed by atoms with Gasteiger partial charge >= 0.3 is 30.4 Å². The van der Waals surface area contributed by atoms with Crippen LogP contribution in [0, 0.1) is 0 Å². The van der Waals surface area contributed by atoms with Gasteiger partial charge in [0.1, 0.15) is 0 Å². The Kier molecular flexibility index (Phi) is 16.4. The largest absolute Gasteiger partial charge is 0.412 e. The molecule has 0 saturated carbocycles. The van der Waals surface area contributed by atoms with Crippen molar-refractivity contribution in [1.29, 1.82) is 0 Å². The molecule has 0 bridgehead atoms. The van der Waals surface area contributed by atoms with Crippen molar-refractivity contribution in [3.8, 4) is 0 Å². The molecule has 0 unspecified atom stereocenters. The summed E-state index contributed by atoms with van der Waals surface area (Å²) in [7, 11) is -21.5. The summed E-state index contributed by atoms with van der Waals surface area (Å²) < 4.78 is 46.6. The predicted octanol–water partition coefficient (Wildman–Crippen LogP) is -3.10. The molecule has 0 saturated heterocycles. The van der Waals surface area contributed by atoms with E-state index in [1.807, 2.05) is 0 Å². The molecule has 1 radical (unpaired) electrons. The predicted molar refractivity (Wildman–Crippen MR) is 119 cm³/mol. The van der Waals surface area contributed by atoms with Gasteiger partial charge in [0.15, 0.2) is 0 Å². The van der Waals surface area contributed by atoms with Crippen LogP contribution < -0.4 is 0 Å². The molecule has 0 fully saturated rings. The minimum Gasteiger partial charge on any atom is -0.412 e. The maximum absolute atomic E-state index is 11.0. The first-order chi connectivity index (χ1) is 15.2. The number of hydrogen-bond donors (Lipinski definition) is 10. The summed E-state index contributed by atoms with van der Waals surface area (Å²) in [6.07, 6.45) is 6.62. The van der Waals surface area contributed by atoms with E-state index in [1.165, 1.54) is 46.6 Å². The maximum Gasteiger partial charge on any atom is 0.369 e. The summed E-state index contributed by atoms with van der Waals surface area (Å²) in [4.78, 5) is 78.0. The molecule has 0 amide bonds. The number of aliphatic hydroxyl groups is 2. The molecular formula is C12H28N4O16P4Tc. The Morgan fingerprint density at radius 1 is 0.595 bits per heavy atom. The topological polar surface area (TPSA) is 369 Å². The van der Waals surface area contributed by atoms with Gasteiger partial charge in [-0.1, -0.05) is 0 Å². The Bertz CT molecular complexity index is 975. The molecular weight excluding hydrogens is 679 g/mol. The third-order valence-electron chi connectivity index (χ3n) is 4.40. The monoisotopic (exact) mass is 707 g/mol. The Morgan fingerprint density at radius 2 is 0.838 bits per heavy atom. The minimum absolute atomic E-state index is 0. The molecule has 37 heavy (non-hydrogen) atoms. The van der Waals surface area contributed by atoms with Crippen molar-refractivity contribution in [2.24, 2.45) is 0 Å². The van der Waals surface area contributed by atoms with Crippen LogP contribution in [0.5, 0.6) is 0 Å². The molecule has 0 aliphatic heterocycles. The minimum atomic E-state index is -5.37. The van der Waals surface area contributed by atoms with Crippen molar-refractivity contribution in [2.45, 2.75) is 36.1 Å². The molecule has 0 spiro atoms. The van der Waals surface area contributed by atoms with Crippen LogP contribution in [0.2, 0.25) is 0 Å². The third-order valence-corrected chi connectivity index (χ3v) is 12.1. The quantitative estimate of drug-likeness (QED) is 0.109. The van der Waals surface area contributed by atoms with Crippen LogP contribution in [0.1, 0.15) is 12.8 Å². The van der Waals surface area contributed by atoms with Gasteiger partial charge in [-0.05, 0) is 0 Å². The van der Waals surface area contributed by atoms with E-state index < -0.39 is 53.4 Å². The molecule has 25 heteroatoms. The zero-order chi connectivity index (χ0) is 26.6. The zero-order valence-electron chi connectivity index (χ0n) is 18.4. The van der Waals surface area contributed by atoms with Crippen molar-refractivity contribution in [2.75, 3.05) is 0 Å². The van der Waals surface area contributed by atoms with Gasteiger partial charge < -0.3 is 69.4 Å². The number of rotatable bonds is 10. The van der Waals surface area contributed by atoms with Crippen molar-refractivity contribution in [3.63, 3.8) is 0 Å². The van der Waals surface area contributed by atoms with E-state index in [4.69, 9.17) is 39.1 Å². The van der Waals surface area contributed by atoms with Gasteiger partial charge in [0, 0.05) is 70.8 Å². The first kappa shape index (κ1) is 41.0. The fourth-order valence-electron chi connectivity index (χ4n) is 2.32. The van der Waals surface area contributed by atoms with Gasteiger partial charge in [0.2, 0.25) is 0 Å². The number of aryl methyl sites for hydroxylation is 2. The molecule has 2 heterocycles. The second-order valence-corrected chi connectivity index (χ2v) is 14.8. The van der Waals surface area contributed by atoms with E-state index in [-0.39, 0.29) is 44.1 Å². The number of imidazole rings is 2. The fraction of sp³-hybridized carbons (Fsp3) is 0.500. The van der Waals surface area contributed by atoms with E-state index in [0.717, 1.165) is 0 Å². The SMILES string of the molecule is O.O.O=P(O)(O)C(O)(CCn1ccnc1)P(=O)(O)O.O=P(O)(O)C(O)(CCn1ccnc1)P(=O)(O)O.[99Tc].